The van der Waals surface area contributed by atoms with Gasteiger partial charge in [0.25, 0.3) is 0 Å². The van der Waals surface area contributed by atoms with Crippen molar-refractivity contribution in [3.63, 3.8) is 0 Å². The Hall–Kier alpha value is -1.35. The predicted molar refractivity (Wildman–Crippen MR) is 63.1 cm³/mol. The number of rotatable bonds is 0. The molecule has 82 valence electrons. The molecule has 4 heteroatoms. The van der Waals surface area contributed by atoms with Crippen LogP contribution in [0.1, 0.15) is 17.8 Å². The van der Waals surface area contributed by atoms with E-state index in [4.69, 9.17) is 16.3 Å². The molecule has 0 fully saturated rings. The topological polar surface area (TPSA) is 35.0 Å². The number of aromatic nitrogens is 2. The molecule has 0 bridgehead atoms. The van der Waals surface area contributed by atoms with Gasteiger partial charge in [-0.05, 0) is 31.4 Å². The van der Waals surface area contributed by atoms with Crippen molar-refractivity contribution >= 4 is 22.5 Å². The van der Waals surface area contributed by atoms with E-state index in [1.54, 1.807) is 0 Å². The molecule has 0 spiro atoms. The molecule has 0 saturated heterocycles. The maximum atomic E-state index is 6.11. The Morgan fingerprint density at radius 3 is 3.06 bits per heavy atom. The zero-order chi connectivity index (χ0) is 11.1. The van der Waals surface area contributed by atoms with Crippen LogP contribution in [-0.4, -0.2) is 16.6 Å². The summed E-state index contributed by atoms with van der Waals surface area (Å²) in [6.45, 7) is 2.63. The smallest absolute Gasteiger partial charge is 0.140 e. The lowest BCUT2D eigenvalue weighted by atomic mass is 10.0. The zero-order valence-corrected chi connectivity index (χ0v) is 9.71. The van der Waals surface area contributed by atoms with Crippen molar-refractivity contribution in [1.82, 2.24) is 9.97 Å². The standard InChI is InChI=1S/C12H11ClN2O/c1-7-14-10-6-11-8(3-2-4-16-11)5-9(10)12(13)15-7/h5-6H,2-4H2,1H3. The van der Waals surface area contributed by atoms with Crippen LogP contribution in [0.4, 0.5) is 0 Å². The molecule has 0 aliphatic carbocycles. The first kappa shape index (κ1) is 9.85. The minimum absolute atomic E-state index is 0.524. The summed E-state index contributed by atoms with van der Waals surface area (Å²) in [7, 11) is 0. The molecular formula is C12H11ClN2O. The van der Waals surface area contributed by atoms with Crippen molar-refractivity contribution < 1.29 is 4.74 Å². The van der Waals surface area contributed by atoms with Crippen LogP contribution in [-0.2, 0) is 6.42 Å². The number of hydrogen-bond acceptors (Lipinski definition) is 3. The fourth-order valence-corrected chi connectivity index (χ4v) is 2.32. The SMILES string of the molecule is Cc1nc(Cl)c2cc3c(cc2n1)OCCC3. The average Bonchev–Trinajstić information content (AvgIpc) is 2.27. The fourth-order valence-electron chi connectivity index (χ4n) is 2.05. The highest BCUT2D eigenvalue weighted by atomic mass is 35.5. The molecule has 0 saturated carbocycles. The number of nitrogens with zero attached hydrogens (tertiary/aromatic N) is 2. The lowest BCUT2D eigenvalue weighted by molar-refractivity contribution is 0.289. The first-order valence-electron chi connectivity index (χ1n) is 5.33. The highest BCUT2D eigenvalue weighted by Gasteiger charge is 2.13. The van der Waals surface area contributed by atoms with Gasteiger partial charge in [-0.15, -0.1) is 0 Å². The van der Waals surface area contributed by atoms with E-state index in [0.717, 1.165) is 36.1 Å². The van der Waals surface area contributed by atoms with Crippen LogP contribution in [0.2, 0.25) is 5.15 Å². The lowest BCUT2D eigenvalue weighted by Crippen LogP contribution is -2.08. The Labute approximate surface area is 98.4 Å². The van der Waals surface area contributed by atoms with E-state index in [1.807, 2.05) is 19.1 Å². The number of hydrogen-bond donors (Lipinski definition) is 0. The summed E-state index contributed by atoms with van der Waals surface area (Å²) in [5.41, 5.74) is 2.06. The van der Waals surface area contributed by atoms with Gasteiger partial charge in [0.05, 0.1) is 12.1 Å². The average molecular weight is 235 g/mol. The molecule has 2 heterocycles. The molecular weight excluding hydrogens is 224 g/mol. The molecule has 1 aliphatic heterocycles. The summed E-state index contributed by atoms with van der Waals surface area (Å²) >= 11 is 6.11. The quantitative estimate of drug-likeness (QED) is 0.658. The second kappa shape index (κ2) is 3.59. The van der Waals surface area contributed by atoms with Crippen LogP contribution in [0.15, 0.2) is 12.1 Å². The van der Waals surface area contributed by atoms with Crippen molar-refractivity contribution in [2.45, 2.75) is 19.8 Å². The summed E-state index contributed by atoms with van der Waals surface area (Å²) in [5.74, 6) is 1.63. The monoisotopic (exact) mass is 234 g/mol. The van der Waals surface area contributed by atoms with Gasteiger partial charge in [0.2, 0.25) is 0 Å². The van der Waals surface area contributed by atoms with E-state index in [-0.39, 0.29) is 0 Å². The van der Waals surface area contributed by atoms with Gasteiger partial charge in [0.1, 0.15) is 16.7 Å². The molecule has 0 N–H and O–H groups in total. The number of benzene rings is 1. The Bertz CT molecular complexity index is 568. The van der Waals surface area contributed by atoms with Gasteiger partial charge in [-0.2, -0.15) is 0 Å². The van der Waals surface area contributed by atoms with E-state index in [1.165, 1.54) is 5.56 Å². The van der Waals surface area contributed by atoms with Gasteiger partial charge in [-0.3, -0.25) is 0 Å². The zero-order valence-electron chi connectivity index (χ0n) is 8.96. The molecule has 16 heavy (non-hydrogen) atoms. The third kappa shape index (κ3) is 1.52. The van der Waals surface area contributed by atoms with Gasteiger partial charge < -0.3 is 4.74 Å². The van der Waals surface area contributed by atoms with Crippen LogP contribution in [0.25, 0.3) is 10.9 Å². The maximum absolute atomic E-state index is 6.11. The Kier molecular flexibility index (Phi) is 2.21. The Morgan fingerprint density at radius 1 is 1.31 bits per heavy atom. The largest absolute Gasteiger partial charge is 0.493 e. The number of ether oxygens (including phenoxy) is 1. The van der Waals surface area contributed by atoms with Crippen LogP contribution >= 0.6 is 11.6 Å². The minimum Gasteiger partial charge on any atom is -0.493 e. The summed E-state index contributed by atoms with van der Waals surface area (Å²) in [6.07, 6.45) is 2.10. The maximum Gasteiger partial charge on any atom is 0.140 e. The van der Waals surface area contributed by atoms with Crippen molar-refractivity contribution in [3.05, 3.63) is 28.7 Å². The Morgan fingerprint density at radius 2 is 2.19 bits per heavy atom. The van der Waals surface area contributed by atoms with Crippen molar-refractivity contribution in [2.24, 2.45) is 0 Å². The molecule has 0 amide bonds. The molecule has 2 aromatic rings. The summed E-state index contributed by atoms with van der Waals surface area (Å²) in [4.78, 5) is 8.53. The molecule has 3 rings (SSSR count). The predicted octanol–water partition coefficient (Wildman–Crippen LogP) is 2.92. The van der Waals surface area contributed by atoms with Gasteiger partial charge in [0.15, 0.2) is 0 Å². The number of halogens is 1. The number of aryl methyl sites for hydroxylation is 2. The van der Waals surface area contributed by atoms with E-state index in [2.05, 4.69) is 9.97 Å². The molecule has 3 nitrogen and oxygen atoms in total. The highest BCUT2D eigenvalue weighted by molar-refractivity contribution is 6.34. The summed E-state index contributed by atoms with van der Waals surface area (Å²) in [5, 5.41) is 1.44. The van der Waals surface area contributed by atoms with E-state index >= 15 is 0 Å². The molecule has 0 radical (unpaired) electrons. The highest BCUT2D eigenvalue weighted by Crippen LogP contribution is 2.31. The molecule has 1 aromatic carbocycles. The van der Waals surface area contributed by atoms with Crippen LogP contribution in [0.5, 0.6) is 5.75 Å². The van der Waals surface area contributed by atoms with E-state index < -0.39 is 0 Å². The van der Waals surface area contributed by atoms with Gasteiger partial charge in [0, 0.05) is 11.5 Å². The molecule has 0 atom stereocenters. The van der Waals surface area contributed by atoms with Crippen LogP contribution < -0.4 is 4.74 Å². The van der Waals surface area contributed by atoms with E-state index in [0.29, 0.717) is 11.0 Å². The van der Waals surface area contributed by atoms with Crippen molar-refractivity contribution in [2.75, 3.05) is 6.61 Å². The van der Waals surface area contributed by atoms with Crippen LogP contribution in [0, 0.1) is 6.92 Å². The van der Waals surface area contributed by atoms with Crippen molar-refractivity contribution in [3.8, 4) is 5.75 Å². The number of fused-ring (bicyclic) bond motifs is 2. The van der Waals surface area contributed by atoms with Gasteiger partial charge in [-0.1, -0.05) is 11.6 Å². The summed E-state index contributed by atoms with van der Waals surface area (Å²) < 4.78 is 5.61. The first-order chi connectivity index (χ1) is 7.74. The fraction of sp³-hybridized carbons (Fsp3) is 0.333. The summed E-state index contributed by atoms with van der Waals surface area (Å²) in [6, 6.07) is 4.01. The van der Waals surface area contributed by atoms with Crippen LogP contribution in [0.3, 0.4) is 0 Å². The first-order valence-corrected chi connectivity index (χ1v) is 5.71. The lowest BCUT2D eigenvalue weighted by Gasteiger charge is -2.17. The third-order valence-corrected chi connectivity index (χ3v) is 3.08. The molecule has 1 aliphatic rings. The molecule has 0 unspecified atom stereocenters. The van der Waals surface area contributed by atoms with Gasteiger partial charge >= 0.3 is 0 Å². The van der Waals surface area contributed by atoms with Gasteiger partial charge in [-0.25, -0.2) is 9.97 Å². The minimum atomic E-state index is 0.524. The van der Waals surface area contributed by atoms with Crippen molar-refractivity contribution in [1.29, 1.82) is 0 Å². The normalized spacial score (nSPS) is 14.6. The third-order valence-electron chi connectivity index (χ3n) is 2.79. The Balaban J connectivity index is 2.31. The second-order valence-corrected chi connectivity index (χ2v) is 4.35. The molecule has 1 aromatic heterocycles. The van der Waals surface area contributed by atoms with E-state index in [9.17, 15) is 0 Å². The second-order valence-electron chi connectivity index (χ2n) is 3.99.